The van der Waals surface area contributed by atoms with Crippen molar-refractivity contribution in [3.63, 3.8) is 0 Å². The minimum Gasteiger partial charge on any atom is -0.238 e. The van der Waals surface area contributed by atoms with Gasteiger partial charge in [-0.3, -0.25) is 0 Å². The van der Waals surface area contributed by atoms with Crippen LogP contribution in [-0.2, 0) is 32.8 Å². The van der Waals surface area contributed by atoms with Crippen LogP contribution in [0.5, 0.6) is 11.5 Å². The van der Waals surface area contributed by atoms with Crippen LogP contribution in [-0.4, -0.2) is 18.7 Å². The quantitative estimate of drug-likeness (QED) is 0.162. The molecule has 9 rings (SSSR count). The van der Waals surface area contributed by atoms with Crippen LogP contribution in [0.1, 0.15) is 50.2 Å². The number of aryl methyl sites for hydroxylation is 3. The zero-order chi connectivity index (χ0) is 38.1. The van der Waals surface area contributed by atoms with E-state index in [-0.39, 0.29) is 11.6 Å². The van der Waals surface area contributed by atoms with Crippen LogP contribution in [0.25, 0.3) is 49.8 Å². The zero-order valence-corrected chi connectivity index (χ0v) is 28.8. The first-order valence-electron chi connectivity index (χ1n) is 19.6. The Balaban J connectivity index is 1.15. The molecule has 0 aliphatic heterocycles. The molecule has 6 heteroatoms. The van der Waals surface area contributed by atoms with Crippen LogP contribution in [0.15, 0.2) is 128 Å². The summed E-state index contributed by atoms with van der Waals surface area (Å²) in [6.07, 6.45) is 5.52. The molecule has 0 amide bonds. The molecule has 0 bridgehead atoms. The molecule has 3 heterocycles. The van der Waals surface area contributed by atoms with E-state index in [2.05, 4.69) is 42.1 Å². The monoisotopic (exact) mass is 825 g/mol. The number of pyridine rings is 1. The molecule has 0 saturated carbocycles. The molecule has 3 aromatic heterocycles. The molecule has 0 spiro atoms. The van der Waals surface area contributed by atoms with Crippen molar-refractivity contribution in [3.8, 4) is 28.4 Å². The van der Waals surface area contributed by atoms with Crippen LogP contribution in [0.4, 0.5) is 0 Å². The summed E-state index contributed by atoms with van der Waals surface area (Å²) >= 11 is 2.17. The van der Waals surface area contributed by atoms with E-state index in [1.165, 1.54) is 10.1 Å². The van der Waals surface area contributed by atoms with Crippen molar-refractivity contribution in [2.75, 3.05) is 0 Å². The van der Waals surface area contributed by atoms with Crippen molar-refractivity contribution in [2.24, 2.45) is 6.98 Å². The van der Waals surface area contributed by atoms with Gasteiger partial charge in [0.05, 0.1) is 0 Å². The predicted molar refractivity (Wildman–Crippen MR) is 195 cm³/mol. The van der Waals surface area contributed by atoms with Crippen molar-refractivity contribution >= 4 is 32.8 Å². The van der Waals surface area contributed by atoms with E-state index >= 15 is 0 Å². The topological polar surface area (TPSA) is 36.9 Å². The van der Waals surface area contributed by atoms with Crippen LogP contribution in [0.2, 0.25) is 0 Å². The third kappa shape index (κ3) is 5.11. The van der Waals surface area contributed by atoms with Crippen molar-refractivity contribution < 1.29 is 32.3 Å². The van der Waals surface area contributed by atoms with Gasteiger partial charge in [-0.15, -0.1) is 0 Å². The second kappa shape index (κ2) is 12.2. The molecule has 1 aliphatic carbocycles. The molecule has 8 aromatic rings. The summed E-state index contributed by atoms with van der Waals surface area (Å²) in [4.78, 5) is 4.86. The van der Waals surface area contributed by atoms with Gasteiger partial charge in [0.1, 0.15) is 0 Å². The van der Waals surface area contributed by atoms with E-state index in [1.54, 1.807) is 12.3 Å². The van der Waals surface area contributed by atoms with E-state index in [1.807, 2.05) is 102 Å². The van der Waals surface area contributed by atoms with Gasteiger partial charge in [-0.2, -0.15) is 0 Å². The molecule has 0 radical (unpaired) electrons. The molecule has 49 heavy (non-hydrogen) atoms. The number of hydrogen-bond acceptors (Lipinski definition) is 2. The Morgan fingerprint density at radius 2 is 1.51 bits per heavy atom. The van der Waals surface area contributed by atoms with Gasteiger partial charge in [-0.25, -0.2) is 4.98 Å². The average molecular weight is 826 g/mol. The Hall–Kier alpha value is -4.99. The van der Waals surface area contributed by atoms with Crippen LogP contribution in [0.3, 0.4) is 0 Å². The molecule has 0 saturated heterocycles. The number of fused-ring (bicyclic) bond motifs is 5. The van der Waals surface area contributed by atoms with Crippen molar-refractivity contribution in [3.05, 3.63) is 148 Å². The number of hydrogen-bond donors (Lipinski definition) is 0. The number of imidazole rings is 1. The Labute approximate surface area is 304 Å². The predicted octanol–water partition coefficient (Wildman–Crippen LogP) is 10.6. The smallest absolute Gasteiger partial charge is 0.0374 e. The molecule has 5 aromatic carbocycles. The second-order valence-electron chi connectivity index (χ2n) is 12.6. The fraction of sp³-hybridized carbons (Fsp3) is 0.163. The van der Waals surface area contributed by atoms with E-state index < -0.39 is 13.8 Å². The summed E-state index contributed by atoms with van der Waals surface area (Å²) in [5.74, 6) is 1.81. The summed E-state index contributed by atoms with van der Waals surface area (Å²) in [5, 5.41) is 2.01. The summed E-state index contributed by atoms with van der Waals surface area (Å²) in [7, 11) is 0. The number of ether oxygens (including phenoxy) is 1. The van der Waals surface area contributed by atoms with Crippen LogP contribution in [0, 0.1) is 10.7 Å². The first-order chi connectivity index (χ1) is 26.5. The number of rotatable bonds is 5. The summed E-state index contributed by atoms with van der Waals surface area (Å²) in [5.41, 5.74) is 7.28. The third-order valence-corrected chi connectivity index (χ3v) is 10.8. The average Bonchev–Trinajstić information content (AvgIpc) is 3.57. The van der Waals surface area contributed by atoms with Gasteiger partial charge in [0.25, 0.3) is 0 Å². The van der Waals surface area contributed by atoms with E-state index in [0.717, 1.165) is 64.1 Å². The molecule has 244 valence electrons. The Morgan fingerprint density at radius 1 is 0.755 bits per heavy atom. The number of benzene rings is 5. The maximum Gasteiger partial charge on any atom is 0.0374 e. The first-order valence-corrected chi connectivity index (χ1v) is 17.7. The van der Waals surface area contributed by atoms with Crippen LogP contribution < -0.4 is 4.74 Å². The van der Waals surface area contributed by atoms with Crippen molar-refractivity contribution in [1.29, 1.82) is 0 Å². The van der Waals surface area contributed by atoms with Crippen molar-refractivity contribution in [1.82, 2.24) is 18.7 Å². The van der Waals surface area contributed by atoms with Crippen LogP contribution >= 0.6 is 0 Å². The minimum atomic E-state index is -2.36. The van der Waals surface area contributed by atoms with Gasteiger partial charge < -0.3 is 0 Å². The molecule has 1 aliphatic rings. The van der Waals surface area contributed by atoms with E-state index in [4.69, 9.17) is 17.9 Å². The maximum absolute atomic E-state index is 8.45. The normalized spacial score (nSPS) is 17.1. The SMILES string of the molecule is [2H]C([2H])([2H])c1cc(-n2c3ccccc3c3ccc(Oc4ccc5c(c4)C(n4[c](=[Pt])n(C([2H])([2H])[2H])c6ccccc64)CCCC5)cc32)ncc1-c1ccccc1. The Bertz CT molecular complexity index is 2820. The molecule has 0 N–H and O–H groups in total. The number of para-hydroxylation sites is 3. The molecule has 5 nitrogen and oxygen atoms in total. The van der Waals surface area contributed by atoms with Gasteiger partial charge in [0.15, 0.2) is 0 Å². The molecular weight excluding hydrogens is 784 g/mol. The van der Waals surface area contributed by atoms with Gasteiger partial charge in [-0.05, 0) is 30.1 Å². The summed E-state index contributed by atoms with van der Waals surface area (Å²) in [6.45, 7) is -4.69. The largest absolute Gasteiger partial charge is 0.238 e. The fourth-order valence-electron chi connectivity index (χ4n) is 7.50. The zero-order valence-electron chi connectivity index (χ0n) is 32.5. The second-order valence-corrected chi connectivity index (χ2v) is 13.7. The Morgan fingerprint density at radius 3 is 2.37 bits per heavy atom. The molecule has 0 fully saturated rings. The summed E-state index contributed by atoms with van der Waals surface area (Å²) < 4.78 is 63.4. The minimum absolute atomic E-state index is 0.0792. The maximum atomic E-state index is 8.45. The molecule has 1 atom stereocenters. The van der Waals surface area contributed by atoms with Gasteiger partial charge in [0.2, 0.25) is 0 Å². The summed E-state index contributed by atoms with van der Waals surface area (Å²) in [6, 6.07) is 39.1. The van der Waals surface area contributed by atoms with E-state index in [0.29, 0.717) is 32.2 Å². The molecular formula is C43H36N4OPt. The van der Waals surface area contributed by atoms with Crippen molar-refractivity contribution in [2.45, 2.75) is 38.6 Å². The fourth-order valence-corrected chi connectivity index (χ4v) is 8.40. The third-order valence-electron chi connectivity index (χ3n) is 9.78. The van der Waals surface area contributed by atoms with E-state index in [9.17, 15) is 0 Å². The number of aromatic nitrogens is 4. The molecule has 1 unspecified atom stereocenters. The van der Waals surface area contributed by atoms with Gasteiger partial charge in [-0.1, -0.05) is 48.5 Å². The number of nitrogens with zero attached hydrogens (tertiary/aromatic N) is 4. The first kappa shape index (κ1) is 24.2. The van der Waals surface area contributed by atoms with Gasteiger partial charge in [0, 0.05) is 15.9 Å². The Kier molecular flexibility index (Phi) is 6.00. The van der Waals surface area contributed by atoms with Gasteiger partial charge >= 0.3 is 206 Å². The standard InChI is InChI=1S/C43H36N4O.Pt/c1-29-24-43(44-27-37(29)30-12-4-3-5-13-30)47-39-17-9-7-15-34(39)35-23-22-33(26-42(35)47)48-32-21-20-31-14-6-8-16-38(36(31)25-32)46-28-45(2)40-18-10-11-19-41(40)46;/h3-5,7,9-13,15,17-27,38H,6,8,14,16H2,1-2H3;/i1D3,2D3;.